The van der Waals surface area contributed by atoms with Crippen LogP contribution in [0.1, 0.15) is 29.3 Å². The lowest BCUT2D eigenvalue weighted by atomic mass is 10.0. The maximum absolute atomic E-state index is 13.3. The number of aliphatic hydroxyl groups excluding tert-OH is 1. The Kier molecular flexibility index (Phi) is 7.44. The van der Waals surface area contributed by atoms with Gasteiger partial charge in [-0.3, -0.25) is 4.79 Å². The number of ether oxygens (including phenoxy) is 2. The smallest absolute Gasteiger partial charge is 0.255 e. The SMILES string of the molecule is CCCOc1ccc(-c2ccc(OC)nc2)cc1C(=O)N[C@@H](CO)Cc1c[nH]c2ccccc12. The minimum Gasteiger partial charge on any atom is -0.493 e. The van der Waals surface area contributed by atoms with E-state index in [1.165, 1.54) is 0 Å². The van der Waals surface area contributed by atoms with Crippen molar-refractivity contribution in [3.63, 3.8) is 0 Å². The van der Waals surface area contributed by atoms with Crippen molar-refractivity contribution >= 4 is 16.8 Å². The van der Waals surface area contributed by atoms with E-state index in [2.05, 4.69) is 15.3 Å². The highest BCUT2D eigenvalue weighted by Crippen LogP contribution is 2.28. The molecule has 0 aliphatic heterocycles. The first-order valence-corrected chi connectivity index (χ1v) is 11.4. The summed E-state index contributed by atoms with van der Waals surface area (Å²) in [5.74, 6) is 0.731. The molecule has 7 nitrogen and oxygen atoms in total. The van der Waals surface area contributed by atoms with Gasteiger partial charge in [0.25, 0.3) is 5.91 Å². The number of methoxy groups -OCH3 is 1. The Hall–Kier alpha value is -3.84. The normalized spacial score (nSPS) is 11.9. The molecule has 1 atom stereocenters. The number of carbonyl (C=O) groups excluding carboxylic acids is 1. The maximum Gasteiger partial charge on any atom is 0.255 e. The Morgan fingerprint density at radius 3 is 2.71 bits per heavy atom. The van der Waals surface area contributed by atoms with Crippen molar-refractivity contribution in [1.29, 1.82) is 0 Å². The second-order valence-corrected chi connectivity index (χ2v) is 8.07. The number of para-hydroxylation sites is 1. The van der Waals surface area contributed by atoms with E-state index in [4.69, 9.17) is 9.47 Å². The molecule has 0 saturated heterocycles. The molecule has 34 heavy (non-hydrogen) atoms. The van der Waals surface area contributed by atoms with Crippen molar-refractivity contribution in [3.05, 3.63) is 78.1 Å². The average molecular weight is 460 g/mol. The summed E-state index contributed by atoms with van der Waals surface area (Å²) in [6.07, 6.45) is 4.95. The largest absolute Gasteiger partial charge is 0.493 e. The van der Waals surface area contributed by atoms with Gasteiger partial charge in [0.2, 0.25) is 5.88 Å². The number of pyridine rings is 1. The summed E-state index contributed by atoms with van der Waals surface area (Å²) in [5.41, 5.74) is 4.17. The lowest BCUT2D eigenvalue weighted by molar-refractivity contribution is 0.0912. The number of hydrogen-bond acceptors (Lipinski definition) is 5. The second-order valence-electron chi connectivity index (χ2n) is 8.07. The number of nitrogens with zero attached hydrogens (tertiary/aromatic N) is 1. The van der Waals surface area contributed by atoms with Crippen LogP contribution in [0.25, 0.3) is 22.0 Å². The Morgan fingerprint density at radius 2 is 1.97 bits per heavy atom. The molecule has 0 aliphatic rings. The Balaban J connectivity index is 1.58. The van der Waals surface area contributed by atoms with Gasteiger partial charge in [0.05, 0.1) is 31.9 Å². The fourth-order valence-electron chi connectivity index (χ4n) is 3.89. The Labute approximate surface area is 198 Å². The summed E-state index contributed by atoms with van der Waals surface area (Å²) in [6.45, 7) is 2.33. The minimum absolute atomic E-state index is 0.182. The van der Waals surface area contributed by atoms with Crippen LogP contribution in [0.2, 0.25) is 0 Å². The first-order chi connectivity index (χ1) is 16.6. The molecule has 0 unspecified atom stereocenters. The minimum atomic E-state index is -0.447. The molecule has 2 aromatic carbocycles. The molecule has 3 N–H and O–H groups in total. The summed E-state index contributed by atoms with van der Waals surface area (Å²) in [4.78, 5) is 20.8. The molecule has 4 aromatic rings. The summed E-state index contributed by atoms with van der Waals surface area (Å²) in [7, 11) is 1.57. The van der Waals surface area contributed by atoms with Crippen LogP contribution < -0.4 is 14.8 Å². The van der Waals surface area contributed by atoms with E-state index in [1.54, 1.807) is 31.5 Å². The number of fused-ring (bicyclic) bond motifs is 1. The fraction of sp³-hybridized carbons (Fsp3) is 0.259. The van der Waals surface area contributed by atoms with Gasteiger partial charge in [0.15, 0.2) is 0 Å². The zero-order valence-corrected chi connectivity index (χ0v) is 19.4. The molecule has 0 radical (unpaired) electrons. The highest BCUT2D eigenvalue weighted by molar-refractivity contribution is 5.98. The lowest BCUT2D eigenvalue weighted by Gasteiger charge is -2.18. The van der Waals surface area contributed by atoms with Crippen molar-refractivity contribution in [2.75, 3.05) is 20.3 Å². The van der Waals surface area contributed by atoms with Gasteiger partial charge in [0.1, 0.15) is 5.75 Å². The topological polar surface area (TPSA) is 96.5 Å². The number of amides is 1. The van der Waals surface area contributed by atoms with Gasteiger partial charge in [-0.25, -0.2) is 4.98 Å². The van der Waals surface area contributed by atoms with Gasteiger partial charge < -0.3 is 24.9 Å². The predicted molar refractivity (Wildman–Crippen MR) is 132 cm³/mol. The van der Waals surface area contributed by atoms with Crippen LogP contribution in [0.15, 0.2) is 67.0 Å². The molecule has 7 heteroatoms. The van der Waals surface area contributed by atoms with E-state index < -0.39 is 6.04 Å². The van der Waals surface area contributed by atoms with Crippen LogP contribution in [-0.2, 0) is 6.42 Å². The molecule has 4 rings (SSSR count). The number of nitrogens with one attached hydrogen (secondary N) is 2. The third-order valence-electron chi connectivity index (χ3n) is 5.66. The second kappa shape index (κ2) is 10.9. The molecule has 2 heterocycles. The van der Waals surface area contributed by atoms with E-state index in [-0.39, 0.29) is 12.5 Å². The molecule has 1 amide bonds. The molecule has 2 aromatic heterocycles. The highest BCUT2D eigenvalue weighted by Gasteiger charge is 2.19. The number of aliphatic hydroxyl groups is 1. The zero-order valence-electron chi connectivity index (χ0n) is 19.4. The number of benzene rings is 2. The number of aromatic amines is 1. The summed E-state index contributed by atoms with van der Waals surface area (Å²) < 4.78 is 11.0. The standard InChI is InChI=1S/C27H29N3O4/c1-3-12-34-25-10-8-18(19-9-11-26(33-2)29-15-19)14-23(25)27(32)30-21(17-31)13-20-16-28-24-7-5-4-6-22(20)24/h4-11,14-16,21,28,31H,3,12-13,17H2,1-2H3,(H,30,32)/t21-/m1/s1. The first kappa shape index (κ1) is 23.3. The number of rotatable bonds is 10. The van der Waals surface area contributed by atoms with E-state index in [1.807, 2.05) is 49.5 Å². The molecule has 0 bridgehead atoms. The summed E-state index contributed by atoms with van der Waals surface area (Å²) >= 11 is 0. The first-order valence-electron chi connectivity index (χ1n) is 11.4. The monoisotopic (exact) mass is 459 g/mol. The number of carbonyl (C=O) groups is 1. The maximum atomic E-state index is 13.3. The zero-order chi connectivity index (χ0) is 23.9. The lowest BCUT2D eigenvalue weighted by Crippen LogP contribution is -2.39. The molecule has 176 valence electrons. The van der Waals surface area contributed by atoms with Crippen molar-refractivity contribution in [2.24, 2.45) is 0 Å². The van der Waals surface area contributed by atoms with Crippen molar-refractivity contribution in [3.8, 4) is 22.8 Å². The Bertz CT molecular complexity index is 1250. The van der Waals surface area contributed by atoms with Gasteiger partial charge in [-0.1, -0.05) is 31.2 Å². The van der Waals surface area contributed by atoms with Gasteiger partial charge in [-0.15, -0.1) is 0 Å². The summed E-state index contributed by atoms with van der Waals surface area (Å²) in [5, 5.41) is 14.1. The van der Waals surface area contributed by atoms with Crippen LogP contribution in [0.5, 0.6) is 11.6 Å². The molecule has 0 spiro atoms. The molecule has 0 saturated carbocycles. The molecule has 0 fully saturated rings. The van der Waals surface area contributed by atoms with Gasteiger partial charge in [-0.05, 0) is 48.2 Å². The fourth-order valence-corrected chi connectivity index (χ4v) is 3.89. The van der Waals surface area contributed by atoms with Crippen LogP contribution >= 0.6 is 0 Å². The van der Waals surface area contributed by atoms with Gasteiger partial charge in [0, 0.05) is 34.9 Å². The van der Waals surface area contributed by atoms with Crippen LogP contribution in [0.4, 0.5) is 0 Å². The number of aromatic nitrogens is 2. The van der Waals surface area contributed by atoms with Gasteiger partial charge >= 0.3 is 0 Å². The predicted octanol–water partition coefficient (Wildman–Crippen LogP) is 4.36. The van der Waals surface area contributed by atoms with E-state index in [0.29, 0.717) is 30.2 Å². The molecular weight excluding hydrogens is 430 g/mol. The van der Waals surface area contributed by atoms with E-state index >= 15 is 0 Å². The van der Waals surface area contributed by atoms with E-state index in [0.717, 1.165) is 34.0 Å². The van der Waals surface area contributed by atoms with Crippen LogP contribution in [0, 0.1) is 0 Å². The van der Waals surface area contributed by atoms with Crippen LogP contribution in [0.3, 0.4) is 0 Å². The Morgan fingerprint density at radius 1 is 1.15 bits per heavy atom. The van der Waals surface area contributed by atoms with Gasteiger partial charge in [-0.2, -0.15) is 0 Å². The average Bonchev–Trinajstić information content (AvgIpc) is 3.29. The van der Waals surface area contributed by atoms with E-state index in [9.17, 15) is 9.90 Å². The number of hydrogen-bond donors (Lipinski definition) is 3. The quantitative estimate of drug-likeness (QED) is 0.327. The third-order valence-corrected chi connectivity index (χ3v) is 5.66. The van der Waals surface area contributed by atoms with Crippen molar-refractivity contribution < 1.29 is 19.4 Å². The van der Waals surface area contributed by atoms with Crippen LogP contribution in [-0.4, -0.2) is 47.3 Å². The third kappa shape index (κ3) is 5.21. The number of H-pyrrole nitrogens is 1. The molecule has 0 aliphatic carbocycles. The highest BCUT2D eigenvalue weighted by atomic mass is 16.5. The summed E-state index contributed by atoms with van der Waals surface area (Å²) in [6, 6.07) is 16.7. The molecular formula is C27H29N3O4. The van der Waals surface area contributed by atoms with Crippen molar-refractivity contribution in [2.45, 2.75) is 25.8 Å². The van der Waals surface area contributed by atoms with Crippen molar-refractivity contribution in [1.82, 2.24) is 15.3 Å².